The van der Waals surface area contributed by atoms with Gasteiger partial charge >= 0.3 is 0 Å². The highest BCUT2D eigenvalue weighted by molar-refractivity contribution is 9.09. The molecule has 2 nitrogen and oxygen atoms in total. The van der Waals surface area contributed by atoms with Crippen LogP contribution in [0.15, 0.2) is 23.0 Å². The van der Waals surface area contributed by atoms with Gasteiger partial charge in [0.1, 0.15) is 5.83 Å². The molecular weight excluding hydrogens is 239 g/mol. The van der Waals surface area contributed by atoms with E-state index in [1.165, 1.54) is 6.08 Å². The number of aliphatic hydroxyl groups excluding tert-OH is 1. The van der Waals surface area contributed by atoms with Crippen LogP contribution in [0, 0.1) is 5.92 Å². The van der Waals surface area contributed by atoms with E-state index in [1.807, 2.05) is 0 Å². The molecule has 1 aliphatic rings. The van der Waals surface area contributed by atoms with Crippen LogP contribution in [0.25, 0.3) is 0 Å². The molecule has 1 unspecified atom stereocenters. The van der Waals surface area contributed by atoms with Crippen LogP contribution in [-0.4, -0.2) is 23.3 Å². The average molecular weight is 249 g/mol. The second-order valence-corrected chi connectivity index (χ2v) is 3.48. The lowest BCUT2D eigenvalue weighted by atomic mass is 9.89. The van der Waals surface area contributed by atoms with Crippen LogP contribution in [0.1, 0.15) is 6.42 Å². The number of carbonyl (C=O) groups excluding carboxylic acids is 1. The van der Waals surface area contributed by atoms with E-state index < -0.39 is 5.83 Å². The van der Waals surface area contributed by atoms with Crippen molar-refractivity contribution in [2.45, 2.75) is 6.42 Å². The molecule has 4 heteroatoms. The third kappa shape index (κ3) is 2.25. The summed E-state index contributed by atoms with van der Waals surface area (Å²) in [4.78, 5) is 10.4. The molecule has 0 fully saturated rings. The number of allylic oxidation sites excluding steroid dienone is 3. The summed E-state index contributed by atoms with van der Waals surface area (Å²) >= 11 is 3.23. The van der Waals surface area contributed by atoms with Gasteiger partial charge in [-0.3, -0.25) is 4.79 Å². The quantitative estimate of drug-likeness (QED) is 0.611. The minimum absolute atomic E-state index is 0.0863. The fraction of sp³-hybridized carbons (Fsp3) is 0.444. The normalized spacial score (nSPS) is 23.0. The van der Waals surface area contributed by atoms with Crippen LogP contribution in [0.3, 0.4) is 0 Å². The van der Waals surface area contributed by atoms with Gasteiger partial charge in [0, 0.05) is 23.2 Å². The van der Waals surface area contributed by atoms with Crippen molar-refractivity contribution in [3.05, 3.63) is 23.0 Å². The van der Waals surface area contributed by atoms with Crippen molar-refractivity contribution in [1.29, 1.82) is 0 Å². The maximum atomic E-state index is 13.1. The number of aldehydes is 1. The molecule has 0 heterocycles. The van der Waals surface area contributed by atoms with Crippen molar-refractivity contribution < 1.29 is 14.3 Å². The van der Waals surface area contributed by atoms with E-state index >= 15 is 0 Å². The molecule has 1 aliphatic carbocycles. The Balaban J connectivity index is 2.94. The zero-order valence-electron chi connectivity index (χ0n) is 6.96. The first-order valence-corrected chi connectivity index (χ1v) is 5.06. The molecule has 0 aromatic heterocycles. The van der Waals surface area contributed by atoms with Crippen molar-refractivity contribution in [1.82, 2.24) is 0 Å². The summed E-state index contributed by atoms with van der Waals surface area (Å²) in [5, 5.41) is 9.49. The zero-order chi connectivity index (χ0) is 9.84. The van der Waals surface area contributed by atoms with Crippen molar-refractivity contribution >= 4 is 22.2 Å². The van der Waals surface area contributed by atoms with Crippen molar-refractivity contribution in [2.75, 3.05) is 11.9 Å². The van der Waals surface area contributed by atoms with Crippen LogP contribution in [-0.2, 0) is 4.79 Å². The van der Waals surface area contributed by atoms with Crippen LogP contribution in [0.2, 0.25) is 0 Å². The van der Waals surface area contributed by atoms with Crippen LogP contribution < -0.4 is 0 Å². The van der Waals surface area contributed by atoms with Gasteiger partial charge in [-0.1, -0.05) is 21.5 Å². The Kier molecular flexibility index (Phi) is 3.81. The van der Waals surface area contributed by atoms with E-state index in [0.717, 1.165) is 5.57 Å². The van der Waals surface area contributed by atoms with Crippen LogP contribution >= 0.6 is 15.9 Å². The molecule has 13 heavy (non-hydrogen) atoms. The fourth-order valence-electron chi connectivity index (χ4n) is 1.29. The van der Waals surface area contributed by atoms with E-state index in [2.05, 4.69) is 15.9 Å². The molecule has 1 rings (SSSR count). The maximum absolute atomic E-state index is 13.1. The molecule has 0 spiro atoms. The highest BCUT2D eigenvalue weighted by Gasteiger charge is 2.21. The standard InChI is InChI=1S/C9H10BrFO2/c10-3-6-1-8(5-13)9(11)2-7(6)4-12/h1,5,7,12H,2-4H2. The summed E-state index contributed by atoms with van der Waals surface area (Å²) < 4.78 is 13.1. The Morgan fingerprint density at radius 3 is 2.92 bits per heavy atom. The van der Waals surface area contributed by atoms with Gasteiger partial charge < -0.3 is 5.11 Å². The molecule has 72 valence electrons. The minimum Gasteiger partial charge on any atom is -0.396 e. The van der Waals surface area contributed by atoms with Gasteiger partial charge in [-0.05, 0) is 6.08 Å². The van der Waals surface area contributed by atoms with Crippen molar-refractivity contribution in [3.8, 4) is 0 Å². The van der Waals surface area contributed by atoms with E-state index in [9.17, 15) is 9.18 Å². The van der Waals surface area contributed by atoms with E-state index in [1.54, 1.807) is 0 Å². The minimum atomic E-state index is -0.432. The predicted molar refractivity (Wildman–Crippen MR) is 51.3 cm³/mol. The van der Waals surface area contributed by atoms with Crippen molar-refractivity contribution in [2.24, 2.45) is 5.92 Å². The Morgan fingerprint density at radius 1 is 1.77 bits per heavy atom. The number of alkyl halides is 1. The molecular formula is C9H10BrFO2. The maximum Gasteiger partial charge on any atom is 0.152 e. The number of hydrogen-bond donors (Lipinski definition) is 1. The molecule has 1 atom stereocenters. The van der Waals surface area contributed by atoms with Gasteiger partial charge in [-0.25, -0.2) is 4.39 Å². The predicted octanol–water partition coefficient (Wildman–Crippen LogP) is 1.74. The summed E-state index contributed by atoms with van der Waals surface area (Å²) in [6.45, 7) is -0.0863. The van der Waals surface area contributed by atoms with E-state index in [-0.39, 0.29) is 24.5 Å². The Hall–Kier alpha value is -0.480. The highest BCUT2D eigenvalue weighted by Crippen LogP contribution is 2.29. The fourth-order valence-corrected chi connectivity index (χ4v) is 1.91. The zero-order valence-corrected chi connectivity index (χ0v) is 8.55. The van der Waals surface area contributed by atoms with Crippen molar-refractivity contribution in [3.63, 3.8) is 0 Å². The lowest BCUT2D eigenvalue weighted by molar-refractivity contribution is -0.104. The van der Waals surface area contributed by atoms with Crippen LogP contribution in [0.4, 0.5) is 4.39 Å². The van der Waals surface area contributed by atoms with Gasteiger partial charge in [0.15, 0.2) is 6.29 Å². The molecule has 0 radical (unpaired) electrons. The summed E-state index contributed by atoms with van der Waals surface area (Å²) in [7, 11) is 0. The monoisotopic (exact) mass is 248 g/mol. The summed E-state index contributed by atoms with van der Waals surface area (Å²) in [6.07, 6.45) is 2.13. The largest absolute Gasteiger partial charge is 0.396 e. The second-order valence-electron chi connectivity index (χ2n) is 2.91. The first-order valence-electron chi connectivity index (χ1n) is 3.94. The number of halogens is 2. The number of rotatable bonds is 3. The third-order valence-corrected chi connectivity index (χ3v) is 2.75. The van der Waals surface area contributed by atoms with Gasteiger partial charge in [0.05, 0.1) is 6.61 Å². The van der Waals surface area contributed by atoms with Gasteiger partial charge in [-0.2, -0.15) is 0 Å². The first-order chi connectivity index (χ1) is 6.22. The molecule has 0 bridgehead atoms. The number of carbonyl (C=O) groups is 1. The Morgan fingerprint density at radius 2 is 2.46 bits per heavy atom. The van der Waals surface area contributed by atoms with Crippen LogP contribution in [0.5, 0.6) is 0 Å². The summed E-state index contributed by atoms with van der Waals surface area (Å²) in [5.74, 6) is -0.623. The third-order valence-electron chi connectivity index (χ3n) is 2.11. The lowest BCUT2D eigenvalue weighted by Gasteiger charge is -2.20. The molecule has 1 N–H and O–H groups in total. The summed E-state index contributed by atoms with van der Waals surface area (Å²) in [5.41, 5.74) is 0.963. The van der Waals surface area contributed by atoms with E-state index in [0.29, 0.717) is 11.6 Å². The van der Waals surface area contributed by atoms with Gasteiger partial charge in [0.25, 0.3) is 0 Å². The Bertz CT molecular complexity index is 271. The van der Waals surface area contributed by atoms with Gasteiger partial charge in [-0.15, -0.1) is 0 Å². The Labute approximate surface area is 84.3 Å². The molecule has 0 aromatic rings. The average Bonchev–Trinajstić information content (AvgIpc) is 2.17. The van der Waals surface area contributed by atoms with E-state index in [4.69, 9.17) is 5.11 Å². The number of hydrogen-bond acceptors (Lipinski definition) is 2. The molecule has 0 saturated carbocycles. The number of aliphatic hydroxyl groups is 1. The molecule has 0 aromatic carbocycles. The lowest BCUT2D eigenvalue weighted by Crippen LogP contribution is -2.15. The second kappa shape index (κ2) is 4.67. The smallest absolute Gasteiger partial charge is 0.152 e. The molecule has 0 amide bonds. The molecule has 0 saturated heterocycles. The highest BCUT2D eigenvalue weighted by atomic mass is 79.9. The topological polar surface area (TPSA) is 37.3 Å². The molecule has 0 aliphatic heterocycles. The van der Waals surface area contributed by atoms with Gasteiger partial charge in [0.2, 0.25) is 0 Å². The SMILES string of the molecule is O=CC1=C(F)CC(CO)C(CBr)=C1. The first kappa shape index (κ1) is 10.6. The summed E-state index contributed by atoms with van der Waals surface area (Å²) in [6, 6.07) is 0.